The van der Waals surface area contributed by atoms with E-state index in [0.717, 1.165) is 0 Å². The van der Waals surface area contributed by atoms with E-state index in [2.05, 4.69) is 20.5 Å². The van der Waals surface area contributed by atoms with Gasteiger partial charge in [0.2, 0.25) is 0 Å². The van der Waals surface area contributed by atoms with Crippen LogP contribution in [0.4, 0.5) is 23.7 Å². The number of hydroxylamine groups is 1. The van der Waals surface area contributed by atoms with Crippen molar-refractivity contribution < 1.29 is 32.3 Å². The monoisotopic (exact) mass is 463 g/mol. The number of halogens is 3. The normalized spacial score (nSPS) is 18.0. The van der Waals surface area contributed by atoms with Crippen LogP contribution < -0.4 is 20.4 Å². The molecule has 3 rings (SSSR count). The first kappa shape index (κ1) is 23.8. The predicted octanol–water partition coefficient (Wildman–Crippen LogP) is 2.64. The number of alkyl halides is 3. The molecule has 2 aromatic rings. The van der Waals surface area contributed by atoms with E-state index in [4.69, 9.17) is 10.00 Å². The standard InChI is InChI=1S/C21H20F3N5O4/c1-32-15-6-7-17(27-11-15)16-12-26-9-8-18(16)28-20(31)29(33-19(30)21(22,23)24)14-4-2-13(10-25)3-5-14/h2-7,11,16,18,26H,8-9,12H2,1H3,(H,28,31). The Morgan fingerprint density at radius 1 is 1.24 bits per heavy atom. The van der Waals surface area contributed by atoms with Gasteiger partial charge < -0.3 is 20.2 Å². The summed E-state index contributed by atoms with van der Waals surface area (Å²) in [5, 5.41) is 15.0. The lowest BCUT2D eigenvalue weighted by Crippen LogP contribution is -2.53. The van der Waals surface area contributed by atoms with Crippen LogP contribution in [-0.2, 0) is 9.63 Å². The van der Waals surface area contributed by atoms with Crippen molar-refractivity contribution >= 4 is 17.7 Å². The van der Waals surface area contributed by atoms with Gasteiger partial charge in [-0.3, -0.25) is 4.98 Å². The van der Waals surface area contributed by atoms with Crippen molar-refractivity contribution in [2.24, 2.45) is 0 Å². The van der Waals surface area contributed by atoms with Crippen molar-refractivity contribution in [3.63, 3.8) is 0 Å². The van der Waals surface area contributed by atoms with Gasteiger partial charge >= 0.3 is 18.2 Å². The summed E-state index contributed by atoms with van der Waals surface area (Å²) in [6, 6.07) is 8.69. The van der Waals surface area contributed by atoms with E-state index in [0.29, 0.717) is 31.0 Å². The highest BCUT2D eigenvalue weighted by Crippen LogP contribution is 2.26. The average molecular weight is 463 g/mol. The minimum absolute atomic E-state index is 0.155. The molecule has 1 aromatic heterocycles. The number of aromatic nitrogens is 1. The Morgan fingerprint density at radius 3 is 2.55 bits per heavy atom. The van der Waals surface area contributed by atoms with Gasteiger partial charge in [0.1, 0.15) is 5.75 Å². The Bertz CT molecular complexity index is 1020. The molecule has 2 N–H and O–H groups in total. The van der Waals surface area contributed by atoms with Crippen LogP contribution in [0.25, 0.3) is 0 Å². The lowest BCUT2D eigenvalue weighted by atomic mass is 9.90. The summed E-state index contributed by atoms with van der Waals surface area (Å²) in [6.07, 6.45) is -3.33. The summed E-state index contributed by atoms with van der Waals surface area (Å²) >= 11 is 0. The van der Waals surface area contributed by atoms with Crippen LogP contribution in [0.2, 0.25) is 0 Å². The molecule has 1 aliphatic rings. The molecule has 174 valence electrons. The highest BCUT2D eigenvalue weighted by atomic mass is 19.4. The fourth-order valence-corrected chi connectivity index (χ4v) is 3.31. The fourth-order valence-electron chi connectivity index (χ4n) is 3.31. The molecular weight excluding hydrogens is 443 g/mol. The molecule has 0 bridgehead atoms. The minimum Gasteiger partial charge on any atom is -0.495 e. The van der Waals surface area contributed by atoms with E-state index in [1.54, 1.807) is 12.1 Å². The van der Waals surface area contributed by atoms with E-state index in [1.807, 2.05) is 6.07 Å². The van der Waals surface area contributed by atoms with Crippen molar-refractivity contribution in [2.75, 3.05) is 25.3 Å². The van der Waals surface area contributed by atoms with E-state index >= 15 is 0 Å². The third kappa shape index (κ3) is 5.89. The van der Waals surface area contributed by atoms with Gasteiger partial charge in [0.15, 0.2) is 0 Å². The van der Waals surface area contributed by atoms with Gasteiger partial charge in [-0.1, -0.05) is 0 Å². The van der Waals surface area contributed by atoms with Gasteiger partial charge in [-0.15, -0.1) is 5.06 Å². The molecule has 2 heterocycles. The number of nitrogens with zero attached hydrogens (tertiary/aromatic N) is 3. The lowest BCUT2D eigenvalue weighted by molar-refractivity contribution is -0.199. The van der Waals surface area contributed by atoms with Crippen LogP contribution in [0.5, 0.6) is 5.75 Å². The largest absolute Gasteiger partial charge is 0.495 e. The van der Waals surface area contributed by atoms with Gasteiger partial charge in [-0.05, 0) is 49.4 Å². The first-order valence-electron chi connectivity index (χ1n) is 9.83. The number of carbonyl (C=O) groups excluding carboxylic acids is 2. The maximum Gasteiger partial charge on any atom is 0.493 e. The molecule has 0 aliphatic carbocycles. The van der Waals surface area contributed by atoms with Crippen LogP contribution in [0.3, 0.4) is 0 Å². The van der Waals surface area contributed by atoms with Crippen molar-refractivity contribution in [1.29, 1.82) is 5.26 Å². The summed E-state index contributed by atoms with van der Waals surface area (Å²) in [5.41, 5.74) is 0.702. The highest BCUT2D eigenvalue weighted by molar-refractivity contribution is 5.93. The second-order valence-electron chi connectivity index (χ2n) is 7.11. The molecule has 0 spiro atoms. The maximum absolute atomic E-state index is 13.0. The number of piperidine rings is 1. The van der Waals surface area contributed by atoms with E-state index in [-0.39, 0.29) is 22.2 Å². The Balaban J connectivity index is 1.84. The molecular formula is C21H20F3N5O4. The fraction of sp³-hybridized carbons (Fsp3) is 0.333. The molecule has 2 amide bonds. The zero-order valence-electron chi connectivity index (χ0n) is 17.4. The number of hydrogen-bond acceptors (Lipinski definition) is 7. The molecule has 1 saturated heterocycles. The number of methoxy groups -OCH3 is 1. The number of rotatable bonds is 4. The molecule has 0 saturated carbocycles. The number of anilines is 1. The number of hydrogen-bond donors (Lipinski definition) is 2. The number of nitrogens with one attached hydrogen (secondary N) is 2. The zero-order chi connectivity index (χ0) is 24.0. The molecule has 2 atom stereocenters. The summed E-state index contributed by atoms with van der Waals surface area (Å²) in [5.74, 6) is -2.30. The number of ether oxygens (including phenoxy) is 1. The van der Waals surface area contributed by atoms with Crippen LogP contribution in [0, 0.1) is 11.3 Å². The van der Waals surface area contributed by atoms with Crippen molar-refractivity contribution in [3.8, 4) is 11.8 Å². The average Bonchev–Trinajstić information content (AvgIpc) is 2.82. The van der Waals surface area contributed by atoms with Gasteiger partial charge in [0.05, 0.1) is 30.6 Å². The van der Waals surface area contributed by atoms with Gasteiger partial charge in [0.25, 0.3) is 0 Å². The van der Waals surface area contributed by atoms with E-state index in [9.17, 15) is 22.8 Å². The van der Waals surface area contributed by atoms with Gasteiger partial charge in [0, 0.05) is 24.2 Å². The van der Waals surface area contributed by atoms with Crippen molar-refractivity contribution in [3.05, 3.63) is 53.9 Å². The van der Waals surface area contributed by atoms with Crippen LogP contribution >= 0.6 is 0 Å². The summed E-state index contributed by atoms with van der Waals surface area (Å²) in [6.45, 7) is 1.01. The van der Waals surface area contributed by atoms with Crippen molar-refractivity contribution in [2.45, 2.75) is 24.6 Å². The molecule has 2 unspecified atom stereocenters. The minimum atomic E-state index is -5.31. The van der Waals surface area contributed by atoms with Crippen molar-refractivity contribution in [1.82, 2.24) is 15.6 Å². The molecule has 1 aromatic carbocycles. The smallest absolute Gasteiger partial charge is 0.493 e. The predicted molar refractivity (Wildman–Crippen MR) is 109 cm³/mol. The first-order valence-corrected chi connectivity index (χ1v) is 9.83. The Morgan fingerprint density at radius 2 is 1.97 bits per heavy atom. The highest BCUT2D eigenvalue weighted by Gasteiger charge is 2.44. The Labute approximate surface area is 187 Å². The second kappa shape index (κ2) is 10.2. The second-order valence-corrected chi connectivity index (χ2v) is 7.11. The molecule has 1 fully saturated rings. The molecule has 33 heavy (non-hydrogen) atoms. The third-order valence-corrected chi connectivity index (χ3v) is 4.99. The van der Waals surface area contributed by atoms with E-state index < -0.39 is 24.2 Å². The lowest BCUT2D eigenvalue weighted by Gasteiger charge is -2.33. The molecule has 0 radical (unpaired) electrons. The summed E-state index contributed by atoms with van der Waals surface area (Å²) in [4.78, 5) is 33.1. The molecule has 1 aliphatic heterocycles. The van der Waals surface area contributed by atoms with Crippen LogP contribution in [0.1, 0.15) is 23.6 Å². The summed E-state index contributed by atoms with van der Waals surface area (Å²) < 4.78 is 43.5. The molecule has 9 nitrogen and oxygen atoms in total. The SMILES string of the molecule is COc1ccc(C2CNCCC2NC(=O)N(OC(=O)C(F)(F)F)c2ccc(C#N)cc2)nc1. The van der Waals surface area contributed by atoms with Crippen LogP contribution in [-0.4, -0.2) is 49.4 Å². The number of amides is 2. The number of urea groups is 1. The Hall–Kier alpha value is -3.85. The quantitative estimate of drug-likeness (QED) is 0.670. The van der Waals surface area contributed by atoms with Crippen LogP contribution in [0.15, 0.2) is 42.6 Å². The number of benzene rings is 1. The molecule has 12 heteroatoms. The van der Waals surface area contributed by atoms with E-state index in [1.165, 1.54) is 37.6 Å². The number of nitriles is 1. The van der Waals surface area contributed by atoms with Gasteiger partial charge in [-0.25, -0.2) is 9.59 Å². The topological polar surface area (TPSA) is 117 Å². The zero-order valence-corrected chi connectivity index (χ0v) is 17.4. The number of carbonyl (C=O) groups is 2. The maximum atomic E-state index is 13.0. The summed E-state index contributed by atoms with van der Waals surface area (Å²) in [7, 11) is 1.50. The van der Waals surface area contributed by atoms with Gasteiger partial charge in [-0.2, -0.15) is 18.4 Å². The third-order valence-electron chi connectivity index (χ3n) is 4.99. The number of pyridine rings is 1. The Kier molecular flexibility index (Phi) is 7.34. The first-order chi connectivity index (χ1) is 15.7.